The minimum Gasteiger partial charge on any atom is -0.456 e. The third-order valence-electron chi connectivity index (χ3n) is 21.8. The molecule has 3 rings (SSSR count). The van der Waals surface area contributed by atoms with Crippen molar-refractivity contribution in [3.63, 3.8) is 0 Å². The number of carbonyl (C=O) groups is 1. The first kappa shape index (κ1) is 83.0. The molecule has 15 nitrogen and oxygen atoms in total. The molecule has 526 valence electrons. The molecule has 17 atom stereocenters. The average molecular weight is 1340 g/mol. The number of cyclic esters (lactones) is 1. The third-order valence-corrected chi connectivity index (χ3v) is 39.7. The number of hydrogen-bond acceptors (Lipinski definition) is 15. The van der Waals surface area contributed by atoms with Gasteiger partial charge in [-0.2, -0.15) is 0 Å². The van der Waals surface area contributed by atoms with E-state index in [1.165, 1.54) is 12.7 Å². The number of carbonyl (C=O) groups excluding carboxylic acids is 1. The number of aliphatic hydroxyl groups excluding tert-OH is 2. The van der Waals surface area contributed by atoms with E-state index in [1.54, 1.807) is 28.3 Å². The van der Waals surface area contributed by atoms with Gasteiger partial charge in [-0.15, -0.1) is 0 Å². The van der Waals surface area contributed by atoms with Gasteiger partial charge in [0.2, 0.25) is 5.79 Å². The van der Waals surface area contributed by atoms with Crippen LogP contribution in [0.25, 0.3) is 0 Å². The van der Waals surface area contributed by atoms with E-state index in [1.807, 2.05) is 19.9 Å². The molecule has 0 amide bonds. The lowest BCUT2D eigenvalue weighted by Crippen LogP contribution is -2.68. The summed E-state index contributed by atoms with van der Waals surface area (Å²) in [5, 5.41) is 24.3. The Morgan fingerprint density at radius 3 is 1.64 bits per heavy atom. The van der Waals surface area contributed by atoms with Crippen LogP contribution in [0.2, 0.25) is 72.5 Å². The summed E-state index contributed by atoms with van der Waals surface area (Å²) in [7, 11) is -3.26. The number of allylic oxidation sites excluding steroid dienone is 6. The van der Waals surface area contributed by atoms with Gasteiger partial charge in [-0.25, -0.2) is 4.79 Å². The minimum absolute atomic E-state index is 0.0648. The minimum atomic E-state index is -2.47. The lowest BCUT2D eigenvalue weighted by atomic mass is 9.76. The highest BCUT2D eigenvalue weighted by molar-refractivity contribution is 6.75. The van der Waals surface area contributed by atoms with Crippen LogP contribution in [0.3, 0.4) is 0 Å². The van der Waals surface area contributed by atoms with Crippen molar-refractivity contribution in [2.75, 3.05) is 35.0 Å². The van der Waals surface area contributed by atoms with Crippen molar-refractivity contribution >= 4 is 39.2 Å². The fourth-order valence-electron chi connectivity index (χ4n) is 11.8. The summed E-state index contributed by atoms with van der Waals surface area (Å²) in [5.74, 6) is -3.26. The summed E-state index contributed by atoms with van der Waals surface area (Å²) in [6.45, 7) is 61.4. The molecule has 3 aliphatic heterocycles. The molecule has 0 aromatic rings. The van der Waals surface area contributed by atoms with Crippen LogP contribution in [-0.4, -0.2) is 170 Å². The highest BCUT2D eigenvalue weighted by Crippen LogP contribution is 2.50. The first-order valence-corrected chi connectivity index (χ1v) is 45.7. The predicted molar refractivity (Wildman–Crippen MR) is 377 cm³/mol. The van der Waals surface area contributed by atoms with Crippen molar-refractivity contribution in [1.29, 1.82) is 0 Å². The number of ether oxygens (including phenoxy) is 8. The molecule has 0 aromatic carbocycles. The van der Waals surface area contributed by atoms with Crippen LogP contribution in [0.5, 0.6) is 0 Å². The summed E-state index contributed by atoms with van der Waals surface area (Å²) < 4.78 is 82.5. The first-order chi connectivity index (χ1) is 41.0. The molecular formula is C71H136O15Si4. The van der Waals surface area contributed by atoms with Crippen molar-refractivity contribution in [2.45, 2.75) is 348 Å². The zero-order valence-electron chi connectivity index (χ0n) is 63.1. The van der Waals surface area contributed by atoms with Gasteiger partial charge in [-0.3, -0.25) is 0 Å². The van der Waals surface area contributed by atoms with Gasteiger partial charge < -0.3 is 65.8 Å². The molecule has 0 aromatic heterocycles. The van der Waals surface area contributed by atoms with E-state index >= 15 is 0 Å². The predicted octanol–water partition coefficient (Wildman–Crippen LogP) is 16.6. The quantitative estimate of drug-likeness (QED) is 0.0711. The molecule has 0 saturated carbocycles. The molecule has 3 heterocycles. The van der Waals surface area contributed by atoms with Gasteiger partial charge in [-0.1, -0.05) is 139 Å². The fraction of sp³-hybridized carbons (Fsp3) is 0.873. The number of methoxy groups -OCH3 is 4. The largest absolute Gasteiger partial charge is 0.456 e. The molecule has 2 N–H and O–H groups in total. The van der Waals surface area contributed by atoms with Crippen LogP contribution < -0.4 is 0 Å². The molecule has 0 radical (unpaired) electrons. The lowest BCUT2D eigenvalue weighted by Gasteiger charge is -2.56. The number of esters is 1. The van der Waals surface area contributed by atoms with Gasteiger partial charge in [0.1, 0.15) is 30.5 Å². The Labute approximate surface area is 554 Å². The van der Waals surface area contributed by atoms with E-state index in [-0.39, 0.29) is 69.7 Å². The average Bonchev–Trinajstić information content (AvgIpc) is 1.39. The van der Waals surface area contributed by atoms with Gasteiger partial charge in [0.25, 0.3) is 0 Å². The molecule has 2 fully saturated rings. The Hall–Kier alpha value is -1.22. The van der Waals surface area contributed by atoms with Crippen LogP contribution in [0.4, 0.5) is 0 Å². The number of rotatable bonds is 19. The van der Waals surface area contributed by atoms with Crippen molar-refractivity contribution < 1.29 is 70.6 Å². The SMILES string of the molecule is COC[C@@H](O)C[C@H]1O[C@@](OC)([C@@H](O)[C@@H]2C[C@H](OC)[C@@H](O[Si](C)(C)C(C)(C)C)CCC/C=C(/C)CCCC(O[C@@H]3O[C@@H](C)[C@H](OC)[C@@H](O[Si](C)(C)C(C)(C)C)[C@@H]3O[Si](C)(C)C(C)(C)C)[C@H](C)/C=C(C)/C=C(C)/C=C(\C)C(=O)O2)[C@H](C)[C@H](O[Si](C)(C)C(C)(C)C)[C@H]1C. The number of aliphatic hydroxyl groups is 2. The Morgan fingerprint density at radius 2 is 1.14 bits per heavy atom. The van der Waals surface area contributed by atoms with Crippen molar-refractivity contribution in [2.24, 2.45) is 17.8 Å². The molecule has 3 aliphatic rings. The Balaban J connectivity index is 2.34. The molecule has 0 aliphatic carbocycles. The van der Waals surface area contributed by atoms with Gasteiger partial charge in [-0.05, 0) is 152 Å². The number of hydrogen-bond donors (Lipinski definition) is 2. The van der Waals surface area contributed by atoms with Crippen LogP contribution in [-0.2, 0) is 60.4 Å². The summed E-state index contributed by atoms with van der Waals surface area (Å²) in [6, 6.07) is 0. The maximum Gasteiger partial charge on any atom is 0.334 e. The van der Waals surface area contributed by atoms with Crippen LogP contribution in [0.15, 0.2) is 46.6 Å². The standard InChI is InChI=1S/C71H136O15Si4/c1-46-36-33-34-38-56(83-87(25,26)67(9,10)11)58(76-22)44-59(64(73)71(78-24)52(7)60(84-88(27,28)68(12,13)14)51(6)57(82-71)43-54(72)45-75-21)80-65(74)50(5)42-48(3)40-47(2)41-49(4)55(39-35-37-46)81-66-63(86-90(31,32)70(18,19)20)62(61(77-23)53(8)79-66)85-89(29,30)69(15,16)17/h36,40-42,49,51-64,66,72-73H,33-35,37-39,43-45H2,1-32H3/b46-36-,47-41+,48-40+,50-42+/t49-,51+,52-,53+,54+,55?,56+,57-,58+,59+,60-,61+,62-,63+,64+,66+,71-/m1/s1. The zero-order chi connectivity index (χ0) is 69.3. The molecule has 90 heavy (non-hydrogen) atoms. The molecule has 1 unspecified atom stereocenters. The molecule has 19 heteroatoms. The maximum atomic E-state index is 15.0. The Bertz CT molecular complexity index is 2360. The summed E-state index contributed by atoms with van der Waals surface area (Å²) in [6.07, 6.45) is 5.04. The summed E-state index contributed by atoms with van der Waals surface area (Å²) in [5.41, 5.74) is 3.47. The second-order valence-corrected chi connectivity index (χ2v) is 52.4. The van der Waals surface area contributed by atoms with Crippen molar-refractivity contribution in [3.8, 4) is 0 Å². The monoisotopic (exact) mass is 1340 g/mol. The van der Waals surface area contributed by atoms with Crippen LogP contribution in [0.1, 0.15) is 190 Å². The van der Waals surface area contributed by atoms with Crippen molar-refractivity contribution in [1.82, 2.24) is 0 Å². The second-order valence-electron chi connectivity index (χ2n) is 33.4. The normalized spacial score (nSPS) is 34.6. The van der Waals surface area contributed by atoms with Crippen LogP contribution in [0, 0.1) is 17.8 Å². The van der Waals surface area contributed by atoms with E-state index < -0.39 is 112 Å². The molecule has 0 bridgehead atoms. The third kappa shape index (κ3) is 21.9. The topological polar surface area (TPSA) is 168 Å². The van der Waals surface area contributed by atoms with Gasteiger partial charge in [0, 0.05) is 64.6 Å². The Morgan fingerprint density at radius 1 is 0.633 bits per heavy atom. The van der Waals surface area contributed by atoms with Crippen molar-refractivity contribution in [3.05, 3.63) is 46.6 Å². The van der Waals surface area contributed by atoms with E-state index in [9.17, 15) is 15.0 Å². The van der Waals surface area contributed by atoms with E-state index in [0.29, 0.717) is 12.0 Å². The van der Waals surface area contributed by atoms with Gasteiger partial charge >= 0.3 is 5.97 Å². The van der Waals surface area contributed by atoms with E-state index in [2.05, 4.69) is 188 Å². The molecular weight excluding hydrogens is 1210 g/mol. The van der Waals surface area contributed by atoms with E-state index in [0.717, 1.165) is 43.3 Å². The van der Waals surface area contributed by atoms with E-state index in [4.69, 9.17) is 55.6 Å². The van der Waals surface area contributed by atoms with Gasteiger partial charge in [0.15, 0.2) is 39.6 Å². The highest BCUT2D eigenvalue weighted by atomic mass is 28.4. The molecule has 2 saturated heterocycles. The van der Waals surface area contributed by atoms with Crippen LogP contribution >= 0.6 is 0 Å². The molecule has 0 spiro atoms. The maximum absolute atomic E-state index is 15.0. The zero-order valence-corrected chi connectivity index (χ0v) is 67.1. The fourth-order valence-corrected chi connectivity index (χ4v) is 17.3. The Kier molecular flexibility index (Phi) is 30.8. The summed E-state index contributed by atoms with van der Waals surface area (Å²) in [4.78, 5) is 15.0. The highest BCUT2D eigenvalue weighted by Gasteiger charge is 2.61. The second kappa shape index (κ2) is 33.4. The summed E-state index contributed by atoms with van der Waals surface area (Å²) >= 11 is 0. The smallest absolute Gasteiger partial charge is 0.334 e. The first-order valence-electron chi connectivity index (χ1n) is 34.1. The lowest BCUT2D eigenvalue weighted by molar-refractivity contribution is -0.370. The van der Waals surface area contributed by atoms with Gasteiger partial charge in [0.05, 0.1) is 49.3 Å².